The van der Waals surface area contributed by atoms with Crippen LogP contribution in [0.25, 0.3) is 22.3 Å². The minimum Gasteiger partial charge on any atom is -0.550 e. The summed E-state index contributed by atoms with van der Waals surface area (Å²) in [5, 5.41) is 19.7. The molecule has 3 rings (SSSR count). The average Bonchev–Trinajstić information content (AvgIpc) is 3.08. The SMILES string of the molecule is O=C([O-])CCC(=O)Nc1[nH]ncc1-c1ccncc1-c1ccc(F)cc1.[Na+]. The summed E-state index contributed by atoms with van der Waals surface area (Å²) in [6.07, 6.45) is 4.19. The predicted molar refractivity (Wildman–Crippen MR) is 90.1 cm³/mol. The fourth-order valence-corrected chi connectivity index (χ4v) is 2.49. The third-order valence-corrected chi connectivity index (χ3v) is 3.73. The molecule has 0 unspecified atom stereocenters. The summed E-state index contributed by atoms with van der Waals surface area (Å²) in [5.41, 5.74) is 2.83. The van der Waals surface area contributed by atoms with Crippen molar-refractivity contribution in [3.8, 4) is 22.3 Å². The monoisotopic (exact) mass is 376 g/mol. The van der Waals surface area contributed by atoms with Crippen LogP contribution in [0.3, 0.4) is 0 Å². The molecule has 7 nitrogen and oxygen atoms in total. The third-order valence-electron chi connectivity index (χ3n) is 3.73. The Balaban J connectivity index is 0.00000261. The van der Waals surface area contributed by atoms with Gasteiger partial charge >= 0.3 is 29.6 Å². The second-order valence-electron chi connectivity index (χ2n) is 5.51. The van der Waals surface area contributed by atoms with E-state index in [1.165, 1.54) is 18.3 Å². The molecule has 0 bridgehead atoms. The van der Waals surface area contributed by atoms with E-state index < -0.39 is 11.9 Å². The van der Waals surface area contributed by atoms with Crippen molar-refractivity contribution in [2.45, 2.75) is 12.8 Å². The summed E-state index contributed by atoms with van der Waals surface area (Å²) in [6, 6.07) is 7.72. The number of pyridine rings is 1. The van der Waals surface area contributed by atoms with Crippen LogP contribution in [0.1, 0.15) is 12.8 Å². The first kappa shape index (κ1) is 20.8. The number of carbonyl (C=O) groups excluding carboxylic acids is 2. The number of carboxylic acid groups (broad SMARTS) is 1. The zero-order valence-electron chi connectivity index (χ0n) is 14.5. The zero-order chi connectivity index (χ0) is 18.5. The van der Waals surface area contributed by atoms with Gasteiger partial charge in [0.25, 0.3) is 0 Å². The number of nitrogens with zero attached hydrogens (tertiary/aromatic N) is 2. The average molecular weight is 376 g/mol. The number of rotatable bonds is 6. The van der Waals surface area contributed by atoms with Gasteiger partial charge < -0.3 is 15.2 Å². The van der Waals surface area contributed by atoms with Gasteiger partial charge in [0.2, 0.25) is 5.91 Å². The first-order chi connectivity index (χ1) is 12.5. The van der Waals surface area contributed by atoms with Gasteiger partial charge in [0.15, 0.2) is 0 Å². The van der Waals surface area contributed by atoms with E-state index in [-0.39, 0.29) is 48.2 Å². The second-order valence-corrected chi connectivity index (χ2v) is 5.51. The van der Waals surface area contributed by atoms with Gasteiger partial charge in [-0.1, -0.05) is 12.1 Å². The van der Waals surface area contributed by atoms with Crippen molar-refractivity contribution in [3.05, 3.63) is 54.7 Å². The molecule has 2 N–H and O–H groups in total. The third kappa shape index (κ3) is 5.22. The molecule has 0 saturated carbocycles. The van der Waals surface area contributed by atoms with E-state index in [0.29, 0.717) is 11.4 Å². The van der Waals surface area contributed by atoms with Crippen LogP contribution >= 0.6 is 0 Å². The second kappa shape index (κ2) is 9.40. The van der Waals surface area contributed by atoms with E-state index in [1.807, 2.05) is 0 Å². The van der Waals surface area contributed by atoms with Crippen molar-refractivity contribution in [2.75, 3.05) is 5.32 Å². The summed E-state index contributed by atoms with van der Waals surface area (Å²) >= 11 is 0. The molecule has 9 heteroatoms. The number of aromatic nitrogens is 3. The number of nitrogens with one attached hydrogen (secondary N) is 2. The molecule has 2 aromatic heterocycles. The minimum atomic E-state index is -1.29. The molecule has 1 amide bonds. The molecule has 132 valence electrons. The first-order valence-electron chi connectivity index (χ1n) is 7.78. The molecule has 27 heavy (non-hydrogen) atoms. The van der Waals surface area contributed by atoms with Crippen LogP contribution in [0.5, 0.6) is 0 Å². The van der Waals surface area contributed by atoms with E-state index in [4.69, 9.17) is 0 Å². The number of amides is 1. The molecule has 0 spiro atoms. The van der Waals surface area contributed by atoms with Crippen LogP contribution in [-0.2, 0) is 9.59 Å². The number of aliphatic carboxylic acids is 1. The molecular weight excluding hydrogens is 362 g/mol. The smallest absolute Gasteiger partial charge is 0.550 e. The van der Waals surface area contributed by atoms with Gasteiger partial charge in [-0.15, -0.1) is 0 Å². The maximum atomic E-state index is 13.2. The van der Waals surface area contributed by atoms with Crippen molar-refractivity contribution < 1.29 is 48.6 Å². The van der Waals surface area contributed by atoms with Crippen LogP contribution in [0.15, 0.2) is 48.9 Å². The van der Waals surface area contributed by atoms with E-state index in [9.17, 15) is 19.1 Å². The molecule has 2 heterocycles. The van der Waals surface area contributed by atoms with Gasteiger partial charge in [0.1, 0.15) is 11.6 Å². The Kier molecular flexibility index (Phi) is 7.23. The molecule has 0 atom stereocenters. The molecule has 0 radical (unpaired) electrons. The molecule has 0 fully saturated rings. The number of hydrogen-bond acceptors (Lipinski definition) is 5. The molecule has 0 aliphatic carbocycles. The predicted octanol–water partition coefficient (Wildman–Crippen LogP) is -1.25. The summed E-state index contributed by atoms with van der Waals surface area (Å²) in [7, 11) is 0. The summed E-state index contributed by atoms with van der Waals surface area (Å²) in [6.45, 7) is 0. The number of anilines is 1. The van der Waals surface area contributed by atoms with Crippen LogP contribution in [0.2, 0.25) is 0 Å². The Morgan fingerprint density at radius 1 is 1.04 bits per heavy atom. The summed E-state index contributed by atoms with van der Waals surface area (Å²) in [4.78, 5) is 26.5. The number of benzene rings is 1. The van der Waals surface area contributed by atoms with Crippen molar-refractivity contribution in [2.24, 2.45) is 0 Å². The maximum Gasteiger partial charge on any atom is 1.00 e. The number of carboxylic acids is 1. The Labute approximate surface area is 176 Å². The summed E-state index contributed by atoms with van der Waals surface area (Å²) in [5.74, 6) is -1.78. The van der Waals surface area contributed by atoms with E-state index >= 15 is 0 Å². The van der Waals surface area contributed by atoms with Crippen LogP contribution in [0, 0.1) is 5.82 Å². The largest absolute Gasteiger partial charge is 1.00 e. The van der Waals surface area contributed by atoms with Gasteiger partial charge in [-0.25, -0.2) is 4.39 Å². The van der Waals surface area contributed by atoms with E-state index in [1.54, 1.807) is 30.6 Å². The molecular formula is C18H14FN4NaO3. The number of H-pyrrole nitrogens is 1. The number of halogens is 1. The van der Waals surface area contributed by atoms with Gasteiger partial charge in [0.05, 0.1) is 6.20 Å². The van der Waals surface area contributed by atoms with Crippen molar-refractivity contribution >= 4 is 17.7 Å². The standard InChI is InChI=1S/C18H15FN4O3.Na/c19-12-3-1-11(2-4-12)14-9-20-8-7-13(14)15-10-21-23-18(15)22-16(24)5-6-17(25)26;/h1-4,7-10H,5-6H2,(H,25,26)(H2,21,22,23,24);/q;+1/p-1. The van der Waals surface area contributed by atoms with Crippen molar-refractivity contribution in [1.82, 2.24) is 15.2 Å². The van der Waals surface area contributed by atoms with Crippen LogP contribution < -0.4 is 40.0 Å². The van der Waals surface area contributed by atoms with E-state index in [2.05, 4.69) is 20.5 Å². The maximum absolute atomic E-state index is 13.2. The topological polar surface area (TPSA) is 111 Å². The van der Waals surface area contributed by atoms with Crippen LogP contribution in [-0.4, -0.2) is 27.1 Å². The molecule has 0 saturated heterocycles. The Bertz CT molecular complexity index is 944. The van der Waals surface area contributed by atoms with Gasteiger partial charge in [-0.05, 0) is 35.7 Å². The molecule has 1 aromatic carbocycles. The van der Waals surface area contributed by atoms with Crippen molar-refractivity contribution in [3.63, 3.8) is 0 Å². The Morgan fingerprint density at radius 2 is 1.78 bits per heavy atom. The van der Waals surface area contributed by atoms with Gasteiger partial charge in [-0.3, -0.25) is 14.9 Å². The van der Waals surface area contributed by atoms with Gasteiger partial charge in [0, 0.05) is 35.9 Å². The normalized spacial score (nSPS) is 10.1. The Hall–Kier alpha value is -2.55. The van der Waals surface area contributed by atoms with Crippen molar-refractivity contribution in [1.29, 1.82) is 0 Å². The fourth-order valence-electron chi connectivity index (χ4n) is 2.49. The fraction of sp³-hybridized carbons (Fsp3) is 0.111. The quantitative estimate of drug-likeness (QED) is 0.523. The zero-order valence-corrected chi connectivity index (χ0v) is 16.5. The van der Waals surface area contributed by atoms with Gasteiger partial charge in [-0.2, -0.15) is 5.10 Å². The van der Waals surface area contributed by atoms with E-state index in [0.717, 1.165) is 16.7 Å². The summed E-state index contributed by atoms with van der Waals surface area (Å²) < 4.78 is 13.2. The number of aromatic amines is 1. The Morgan fingerprint density at radius 3 is 2.48 bits per heavy atom. The first-order valence-corrected chi connectivity index (χ1v) is 7.78. The molecule has 0 aliphatic heterocycles. The number of carbonyl (C=O) groups is 2. The number of hydrogen-bond donors (Lipinski definition) is 2. The minimum absolute atomic E-state index is 0. The molecule has 0 aliphatic rings. The molecule has 3 aromatic rings. The van der Waals surface area contributed by atoms with Crippen LogP contribution in [0.4, 0.5) is 10.2 Å².